The Kier molecular flexibility index (Phi) is 7.27. The molecule has 2 heterocycles. The number of aromatic nitrogens is 1. The van der Waals surface area contributed by atoms with E-state index in [4.69, 9.17) is 16.6 Å². The van der Waals surface area contributed by atoms with E-state index in [-0.39, 0.29) is 12.0 Å². The van der Waals surface area contributed by atoms with E-state index >= 15 is 0 Å². The molecular formula is C21H27ClFN5S. The van der Waals surface area contributed by atoms with Crippen LogP contribution in [0.1, 0.15) is 38.1 Å². The number of amidine groups is 1. The van der Waals surface area contributed by atoms with Crippen LogP contribution in [0.5, 0.6) is 0 Å². The highest BCUT2D eigenvalue weighted by molar-refractivity contribution is 7.16. The fraction of sp³-hybridized carbons (Fsp3) is 0.429. The van der Waals surface area contributed by atoms with Crippen molar-refractivity contribution in [2.24, 2.45) is 4.99 Å². The fourth-order valence-corrected chi connectivity index (χ4v) is 4.53. The molecule has 1 aromatic carbocycles. The fourth-order valence-electron chi connectivity index (χ4n) is 3.22. The number of thiazole rings is 1. The Balaban J connectivity index is 1.97. The van der Waals surface area contributed by atoms with Crippen molar-refractivity contribution in [2.75, 3.05) is 18.4 Å². The van der Waals surface area contributed by atoms with Crippen LogP contribution in [0.2, 0.25) is 0 Å². The normalized spacial score (nSPS) is 16.4. The largest absolute Gasteiger partial charge is 0.336 e. The van der Waals surface area contributed by atoms with Gasteiger partial charge in [0.1, 0.15) is 23.0 Å². The number of rotatable bonds is 8. The molecule has 2 N–H and O–H groups in total. The SMILES string of the molecule is CCc1cc(F)cc(-c2nc(NC3C=C(Cl)NC(C)=N3)sc2CN(CC)CC)c1. The van der Waals surface area contributed by atoms with E-state index in [1.807, 2.05) is 19.9 Å². The summed E-state index contributed by atoms with van der Waals surface area (Å²) in [6.07, 6.45) is 2.29. The number of anilines is 1. The van der Waals surface area contributed by atoms with Gasteiger partial charge in [-0.2, -0.15) is 0 Å². The number of halogens is 2. The van der Waals surface area contributed by atoms with Crippen LogP contribution in [0.15, 0.2) is 34.4 Å². The maximum absolute atomic E-state index is 14.2. The van der Waals surface area contributed by atoms with Crippen LogP contribution in [-0.4, -0.2) is 35.0 Å². The molecule has 1 aromatic heterocycles. The Morgan fingerprint density at radius 1 is 1.24 bits per heavy atom. The summed E-state index contributed by atoms with van der Waals surface area (Å²) < 4.78 is 14.2. The Morgan fingerprint density at radius 2 is 2.00 bits per heavy atom. The molecule has 2 aromatic rings. The van der Waals surface area contributed by atoms with E-state index < -0.39 is 0 Å². The van der Waals surface area contributed by atoms with Crippen LogP contribution < -0.4 is 10.6 Å². The van der Waals surface area contributed by atoms with E-state index in [1.54, 1.807) is 29.5 Å². The van der Waals surface area contributed by atoms with Gasteiger partial charge in [0, 0.05) is 17.0 Å². The number of aryl methyl sites for hydroxylation is 1. The molecule has 8 heteroatoms. The monoisotopic (exact) mass is 435 g/mol. The second-order valence-electron chi connectivity index (χ2n) is 6.90. The lowest BCUT2D eigenvalue weighted by molar-refractivity contribution is 0.298. The summed E-state index contributed by atoms with van der Waals surface area (Å²) in [6, 6.07) is 5.17. The van der Waals surface area contributed by atoms with Gasteiger partial charge in [0.15, 0.2) is 5.13 Å². The predicted octanol–water partition coefficient (Wildman–Crippen LogP) is 5.19. The molecule has 0 saturated carbocycles. The first-order chi connectivity index (χ1) is 13.9. The van der Waals surface area contributed by atoms with E-state index in [2.05, 4.69) is 34.4 Å². The average Bonchev–Trinajstić information content (AvgIpc) is 3.06. The lowest BCUT2D eigenvalue weighted by Gasteiger charge is -2.18. The van der Waals surface area contributed by atoms with E-state index in [1.165, 1.54) is 0 Å². The van der Waals surface area contributed by atoms with Gasteiger partial charge in [-0.3, -0.25) is 4.90 Å². The number of nitrogens with zero attached hydrogens (tertiary/aromatic N) is 3. The third kappa shape index (κ3) is 5.56. The summed E-state index contributed by atoms with van der Waals surface area (Å²) in [6.45, 7) is 10.8. The zero-order valence-corrected chi connectivity index (χ0v) is 18.8. The van der Waals surface area contributed by atoms with Crippen molar-refractivity contribution < 1.29 is 4.39 Å². The van der Waals surface area contributed by atoms with Gasteiger partial charge in [0.25, 0.3) is 0 Å². The highest BCUT2D eigenvalue weighted by Crippen LogP contribution is 2.34. The summed E-state index contributed by atoms with van der Waals surface area (Å²) in [5.74, 6) is 0.511. The van der Waals surface area contributed by atoms with Crippen molar-refractivity contribution in [3.63, 3.8) is 0 Å². The number of benzene rings is 1. The third-order valence-corrected chi connectivity index (χ3v) is 6.00. The van der Waals surface area contributed by atoms with E-state index in [9.17, 15) is 4.39 Å². The van der Waals surface area contributed by atoms with Gasteiger partial charge in [-0.25, -0.2) is 14.4 Å². The maximum atomic E-state index is 14.2. The average molecular weight is 436 g/mol. The smallest absolute Gasteiger partial charge is 0.185 e. The van der Waals surface area contributed by atoms with Gasteiger partial charge >= 0.3 is 0 Å². The first-order valence-electron chi connectivity index (χ1n) is 9.89. The van der Waals surface area contributed by atoms with Crippen LogP contribution in [0.4, 0.5) is 9.52 Å². The van der Waals surface area contributed by atoms with Crippen molar-refractivity contribution >= 4 is 33.9 Å². The van der Waals surface area contributed by atoms with Gasteiger partial charge in [0.2, 0.25) is 0 Å². The minimum atomic E-state index is -0.289. The van der Waals surface area contributed by atoms with Gasteiger partial charge in [-0.15, -0.1) is 11.3 Å². The third-order valence-electron chi connectivity index (χ3n) is 4.81. The van der Waals surface area contributed by atoms with Gasteiger partial charge in [0.05, 0.1) is 5.69 Å². The molecule has 5 nitrogen and oxygen atoms in total. The molecule has 1 unspecified atom stereocenters. The molecule has 0 radical (unpaired) electrons. The molecular weight excluding hydrogens is 409 g/mol. The van der Waals surface area contributed by atoms with E-state index in [0.717, 1.165) is 58.7 Å². The second-order valence-corrected chi connectivity index (χ2v) is 8.39. The zero-order chi connectivity index (χ0) is 21.0. The maximum Gasteiger partial charge on any atom is 0.185 e. The number of aliphatic imine (C=N–C) groups is 1. The molecule has 29 heavy (non-hydrogen) atoms. The summed E-state index contributed by atoms with van der Waals surface area (Å²) >= 11 is 7.71. The zero-order valence-electron chi connectivity index (χ0n) is 17.2. The Morgan fingerprint density at radius 3 is 2.66 bits per heavy atom. The van der Waals surface area contributed by atoms with Gasteiger partial charge < -0.3 is 10.6 Å². The summed E-state index contributed by atoms with van der Waals surface area (Å²) in [5.41, 5.74) is 2.60. The molecule has 0 fully saturated rings. The highest BCUT2D eigenvalue weighted by Gasteiger charge is 2.19. The van der Waals surface area contributed by atoms with Crippen molar-refractivity contribution in [3.8, 4) is 11.3 Å². The minimum Gasteiger partial charge on any atom is -0.336 e. The van der Waals surface area contributed by atoms with Crippen molar-refractivity contribution in [1.82, 2.24) is 15.2 Å². The first-order valence-corrected chi connectivity index (χ1v) is 11.1. The van der Waals surface area contributed by atoms with Crippen LogP contribution in [0.3, 0.4) is 0 Å². The molecule has 3 rings (SSSR count). The van der Waals surface area contributed by atoms with Gasteiger partial charge in [-0.1, -0.05) is 32.4 Å². The van der Waals surface area contributed by atoms with Crippen LogP contribution in [-0.2, 0) is 13.0 Å². The first kappa shape index (κ1) is 21.7. The van der Waals surface area contributed by atoms with Crippen molar-refractivity contribution in [2.45, 2.75) is 46.8 Å². The highest BCUT2D eigenvalue weighted by atomic mass is 35.5. The standard InChI is InChI=1S/C21H27ClFN5S/c1-5-14-8-15(10-16(23)9-14)20-17(12-28(6-2)7-3)29-21(27-20)26-19-11-18(22)24-13(4)25-19/h8-11,19H,5-7,12H2,1-4H3,(H,24,25)(H,26,27). The summed E-state index contributed by atoms with van der Waals surface area (Å²) in [5, 5.41) is 7.58. The molecule has 0 aliphatic carbocycles. The van der Waals surface area contributed by atoms with Crippen molar-refractivity contribution in [3.05, 3.63) is 45.7 Å². The van der Waals surface area contributed by atoms with Crippen LogP contribution >= 0.6 is 22.9 Å². The lowest BCUT2D eigenvalue weighted by atomic mass is 10.1. The number of hydrogen-bond donors (Lipinski definition) is 2. The number of hydrogen-bond acceptors (Lipinski definition) is 6. The Hall–Kier alpha value is -1.96. The predicted molar refractivity (Wildman–Crippen MR) is 121 cm³/mol. The van der Waals surface area contributed by atoms with Crippen LogP contribution in [0.25, 0.3) is 11.3 Å². The summed E-state index contributed by atoms with van der Waals surface area (Å²) in [7, 11) is 0. The molecule has 1 atom stereocenters. The molecule has 0 saturated heterocycles. The molecule has 0 spiro atoms. The minimum absolute atomic E-state index is 0.232. The Labute approximate surface area is 180 Å². The quantitative estimate of drug-likeness (QED) is 0.560. The lowest BCUT2D eigenvalue weighted by Crippen LogP contribution is -2.28. The topological polar surface area (TPSA) is 52.6 Å². The molecule has 0 bridgehead atoms. The molecule has 1 aliphatic rings. The van der Waals surface area contributed by atoms with Gasteiger partial charge in [-0.05, 0) is 56.3 Å². The molecule has 1 aliphatic heterocycles. The second kappa shape index (κ2) is 9.69. The van der Waals surface area contributed by atoms with Crippen molar-refractivity contribution in [1.29, 1.82) is 0 Å². The molecule has 0 amide bonds. The summed E-state index contributed by atoms with van der Waals surface area (Å²) in [4.78, 5) is 12.7. The molecule has 156 valence electrons. The number of nitrogens with one attached hydrogen (secondary N) is 2. The van der Waals surface area contributed by atoms with Crippen LogP contribution in [0, 0.1) is 5.82 Å². The van der Waals surface area contributed by atoms with E-state index in [0.29, 0.717) is 5.16 Å². The Bertz CT molecular complexity index is 902.